The fraction of sp³-hybridized carbons (Fsp3) is 0.0455. The number of amides is 1. The highest BCUT2D eigenvalue weighted by atomic mass is 35.5. The van der Waals surface area contributed by atoms with Gasteiger partial charge in [-0.3, -0.25) is 4.79 Å². The van der Waals surface area contributed by atoms with Crippen molar-refractivity contribution in [3.63, 3.8) is 0 Å². The second kappa shape index (κ2) is 8.52. The molecular formula is C22H15ClN2O4S. The van der Waals surface area contributed by atoms with Crippen LogP contribution in [0.5, 0.6) is 5.75 Å². The molecule has 30 heavy (non-hydrogen) atoms. The van der Waals surface area contributed by atoms with E-state index in [2.05, 4.69) is 10.3 Å². The average molecular weight is 439 g/mol. The minimum absolute atomic E-state index is 0.291. The van der Waals surface area contributed by atoms with Gasteiger partial charge in [-0.05, 0) is 54.6 Å². The summed E-state index contributed by atoms with van der Waals surface area (Å²) >= 11 is 7.33. The number of ether oxygens (including phenoxy) is 1. The molecule has 0 unspecified atom stereocenters. The van der Waals surface area contributed by atoms with Crippen LogP contribution in [0.1, 0.15) is 10.4 Å². The largest absolute Gasteiger partial charge is 0.481 e. The van der Waals surface area contributed by atoms with Crippen molar-refractivity contribution >= 4 is 50.7 Å². The Hall–Kier alpha value is -3.42. The molecule has 6 nitrogen and oxygen atoms in total. The Labute approximate surface area is 180 Å². The number of carboxylic acids is 1. The normalized spacial score (nSPS) is 10.7. The number of nitrogens with one attached hydrogen (secondary N) is 1. The summed E-state index contributed by atoms with van der Waals surface area (Å²) < 4.78 is 6.44. The van der Waals surface area contributed by atoms with E-state index in [9.17, 15) is 9.59 Å². The van der Waals surface area contributed by atoms with Crippen LogP contribution in [0.3, 0.4) is 0 Å². The van der Waals surface area contributed by atoms with E-state index < -0.39 is 12.6 Å². The highest BCUT2D eigenvalue weighted by molar-refractivity contribution is 7.21. The zero-order valence-electron chi connectivity index (χ0n) is 15.5. The number of hydrogen-bond acceptors (Lipinski definition) is 5. The zero-order chi connectivity index (χ0) is 21.1. The minimum Gasteiger partial charge on any atom is -0.481 e. The van der Waals surface area contributed by atoms with Crippen LogP contribution in [0, 0.1) is 0 Å². The molecule has 1 aromatic heterocycles. The van der Waals surface area contributed by atoms with Crippen LogP contribution in [-0.2, 0) is 4.79 Å². The number of carbonyl (C=O) groups excluding carboxylic acids is 1. The smallest absolute Gasteiger partial charge is 0.341 e. The lowest BCUT2D eigenvalue weighted by molar-refractivity contribution is -0.139. The van der Waals surface area contributed by atoms with Crippen LogP contribution in [0.4, 0.5) is 5.69 Å². The maximum Gasteiger partial charge on any atom is 0.341 e. The molecule has 150 valence electrons. The van der Waals surface area contributed by atoms with Gasteiger partial charge in [0.25, 0.3) is 5.91 Å². The lowest BCUT2D eigenvalue weighted by Crippen LogP contribution is -2.12. The molecule has 1 amide bonds. The van der Waals surface area contributed by atoms with Crippen LogP contribution in [0.2, 0.25) is 5.02 Å². The number of anilines is 1. The van der Waals surface area contributed by atoms with Crippen molar-refractivity contribution in [2.75, 3.05) is 11.9 Å². The molecule has 0 aliphatic rings. The summed E-state index contributed by atoms with van der Waals surface area (Å²) in [6, 6.07) is 19.3. The molecule has 0 aliphatic carbocycles. The molecule has 0 fully saturated rings. The van der Waals surface area contributed by atoms with Crippen LogP contribution in [0.25, 0.3) is 20.8 Å². The first-order chi connectivity index (χ1) is 14.5. The van der Waals surface area contributed by atoms with E-state index in [1.165, 1.54) is 11.3 Å². The van der Waals surface area contributed by atoms with Crippen molar-refractivity contribution in [3.8, 4) is 16.3 Å². The van der Waals surface area contributed by atoms with Crippen molar-refractivity contribution in [1.29, 1.82) is 0 Å². The highest BCUT2D eigenvalue weighted by Crippen LogP contribution is 2.37. The van der Waals surface area contributed by atoms with Crippen molar-refractivity contribution in [2.45, 2.75) is 0 Å². The fourth-order valence-electron chi connectivity index (χ4n) is 2.83. The second-order valence-corrected chi connectivity index (χ2v) is 7.81. The van der Waals surface area contributed by atoms with E-state index in [0.29, 0.717) is 32.6 Å². The molecule has 0 aliphatic heterocycles. The van der Waals surface area contributed by atoms with Gasteiger partial charge in [-0.25, -0.2) is 9.78 Å². The number of fused-ring (bicyclic) bond motifs is 1. The molecule has 0 radical (unpaired) electrons. The molecule has 3 aromatic carbocycles. The molecule has 4 rings (SSSR count). The fourth-order valence-corrected chi connectivity index (χ4v) is 3.94. The van der Waals surface area contributed by atoms with Gasteiger partial charge in [-0.15, -0.1) is 11.3 Å². The molecular weight excluding hydrogens is 424 g/mol. The first-order valence-electron chi connectivity index (χ1n) is 8.91. The number of hydrogen-bond donors (Lipinski definition) is 2. The third kappa shape index (κ3) is 4.42. The van der Waals surface area contributed by atoms with E-state index in [1.807, 2.05) is 24.3 Å². The van der Waals surface area contributed by atoms with Crippen LogP contribution in [-0.4, -0.2) is 28.6 Å². The Balaban J connectivity index is 1.69. The average Bonchev–Trinajstić information content (AvgIpc) is 3.17. The Morgan fingerprint density at radius 3 is 2.57 bits per heavy atom. The first kappa shape index (κ1) is 19.9. The maximum absolute atomic E-state index is 12.5. The molecule has 4 aromatic rings. The number of rotatable bonds is 6. The van der Waals surface area contributed by atoms with Gasteiger partial charge < -0.3 is 15.2 Å². The number of para-hydroxylation sites is 1. The van der Waals surface area contributed by atoms with E-state index in [0.717, 1.165) is 10.2 Å². The molecule has 8 heteroatoms. The van der Waals surface area contributed by atoms with Gasteiger partial charge in [-0.2, -0.15) is 0 Å². The number of benzene rings is 3. The lowest BCUT2D eigenvalue weighted by atomic mass is 10.1. The van der Waals surface area contributed by atoms with Gasteiger partial charge in [0, 0.05) is 16.3 Å². The molecule has 1 heterocycles. The number of thiazole rings is 1. The molecule has 0 spiro atoms. The number of carbonyl (C=O) groups is 2. The van der Waals surface area contributed by atoms with Gasteiger partial charge in [0.05, 0.1) is 15.8 Å². The Kier molecular flexibility index (Phi) is 5.65. The number of nitrogens with zero attached hydrogens (tertiary/aromatic N) is 1. The number of aromatic nitrogens is 1. The Morgan fingerprint density at radius 2 is 1.83 bits per heavy atom. The van der Waals surface area contributed by atoms with Crippen LogP contribution in [0.15, 0.2) is 66.7 Å². The van der Waals surface area contributed by atoms with Crippen molar-refractivity contribution < 1.29 is 19.4 Å². The second-order valence-electron chi connectivity index (χ2n) is 6.34. The van der Waals surface area contributed by atoms with E-state index >= 15 is 0 Å². The predicted molar refractivity (Wildman–Crippen MR) is 118 cm³/mol. The highest BCUT2D eigenvalue weighted by Gasteiger charge is 2.15. The van der Waals surface area contributed by atoms with Crippen LogP contribution >= 0.6 is 22.9 Å². The SMILES string of the molecule is O=C(O)COc1ccc(NC(=O)c2ccc(Cl)cc2)cc1-c1nc2ccccc2s1. The summed E-state index contributed by atoms with van der Waals surface area (Å²) in [5.74, 6) is -0.993. The standard InChI is InChI=1S/C22H15ClN2O4S/c23-14-7-5-13(6-8-14)21(28)24-15-9-10-18(29-12-20(26)27)16(11-15)22-25-17-3-1-2-4-19(17)30-22/h1-11H,12H2,(H,24,28)(H,26,27). The van der Waals surface area contributed by atoms with Crippen molar-refractivity contribution in [2.24, 2.45) is 0 Å². The third-order valence-corrected chi connectivity index (χ3v) is 5.54. The number of carboxylic acid groups (broad SMARTS) is 1. The van der Waals surface area contributed by atoms with Gasteiger partial charge in [-0.1, -0.05) is 23.7 Å². The van der Waals surface area contributed by atoms with Gasteiger partial charge in [0.2, 0.25) is 0 Å². The summed E-state index contributed by atoms with van der Waals surface area (Å²) in [4.78, 5) is 28.1. The summed E-state index contributed by atoms with van der Waals surface area (Å²) in [6.45, 7) is -0.478. The zero-order valence-corrected chi connectivity index (χ0v) is 17.0. The van der Waals surface area contributed by atoms with Crippen molar-refractivity contribution in [3.05, 3.63) is 77.3 Å². The lowest BCUT2D eigenvalue weighted by Gasteiger charge is -2.11. The summed E-state index contributed by atoms with van der Waals surface area (Å²) in [7, 11) is 0. The van der Waals surface area contributed by atoms with Gasteiger partial charge in [0.1, 0.15) is 10.8 Å². The van der Waals surface area contributed by atoms with E-state index in [-0.39, 0.29) is 5.91 Å². The molecule has 0 saturated heterocycles. The summed E-state index contributed by atoms with van der Waals surface area (Å²) in [5, 5.41) is 13.0. The molecule has 0 atom stereocenters. The van der Waals surface area contributed by atoms with E-state index in [1.54, 1.807) is 42.5 Å². The summed E-state index contributed by atoms with van der Waals surface area (Å²) in [6.07, 6.45) is 0. The van der Waals surface area contributed by atoms with Gasteiger partial charge in [0.15, 0.2) is 6.61 Å². The predicted octanol–water partition coefficient (Wildman–Crippen LogP) is 5.33. The van der Waals surface area contributed by atoms with Gasteiger partial charge >= 0.3 is 5.97 Å². The Bertz CT molecular complexity index is 1200. The monoisotopic (exact) mass is 438 g/mol. The van der Waals surface area contributed by atoms with Crippen LogP contribution < -0.4 is 10.1 Å². The Morgan fingerprint density at radius 1 is 1.07 bits per heavy atom. The number of halogens is 1. The van der Waals surface area contributed by atoms with Crippen molar-refractivity contribution in [1.82, 2.24) is 4.98 Å². The van der Waals surface area contributed by atoms with E-state index in [4.69, 9.17) is 21.4 Å². The maximum atomic E-state index is 12.5. The summed E-state index contributed by atoms with van der Waals surface area (Å²) in [5.41, 5.74) is 2.43. The molecule has 2 N–H and O–H groups in total. The number of aliphatic carboxylic acids is 1. The molecule has 0 bridgehead atoms. The quantitative estimate of drug-likeness (QED) is 0.424. The molecule has 0 saturated carbocycles. The first-order valence-corrected chi connectivity index (χ1v) is 10.1. The minimum atomic E-state index is -1.08. The topological polar surface area (TPSA) is 88.5 Å². The third-order valence-electron chi connectivity index (χ3n) is 4.22.